The Bertz CT molecular complexity index is 1410. The zero-order valence-corrected chi connectivity index (χ0v) is 22.6. The minimum Gasteiger partial charge on any atom is -0.483 e. The molecule has 4 heterocycles. The first-order valence-electron chi connectivity index (χ1n) is 12.6. The monoisotopic (exact) mass is 578 g/mol. The Morgan fingerprint density at radius 3 is 1.97 bits per heavy atom. The minimum atomic E-state index is -0.278. The summed E-state index contributed by atoms with van der Waals surface area (Å²) < 4.78 is 12.3. The molecule has 1 saturated carbocycles. The average Bonchev–Trinajstić information content (AvgIpc) is 2.90. The normalized spacial score (nSPS) is 22.7. The Kier molecular flexibility index (Phi) is 6.30. The standard InChI is InChI=1S/C16H17N3O2.C11H10BrN3O2/c1-10-16(20)18-17-15-9-21-14-6-5-12(7-11-3-2-4-11)8-13(14)19(10)15;1-6-11(16)14-13-10-5-17-9-3-2-7(12)4-8(9)15(6)10/h5-8,10H,2-4,9H2,1H3,(H,18,20);2-4,6H,5H2,1H3,(H,14,16). The van der Waals surface area contributed by atoms with Gasteiger partial charge in [0.2, 0.25) is 0 Å². The van der Waals surface area contributed by atoms with Crippen molar-refractivity contribution in [3.05, 3.63) is 52.0 Å². The van der Waals surface area contributed by atoms with Gasteiger partial charge in [0.25, 0.3) is 11.8 Å². The van der Waals surface area contributed by atoms with Gasteiger partial charge in [-0.15, -0.1) is 0 Å². The number of allylic oxidation sites excluding steroid dienone is 1. The number of carbonyl (C=O) groups excluding carboxylic acids is 2. The molecule has 0 spiro atoms. The molecule has 2 unspecified atom stereocenters. The van der Waals surface area contributed by atoms with Gasteiger partial charge in [0.1, 0.15) is 36.8 Å². The minimum absolute atomic E-state index is 0.0886. The van der Waals surface area contributed by atoms with Crippen LogP contribution in [0.5, 0.6) is 11.5 Å². The van der Waals surface area contributed by atoms with Gasteiger partial charge in [-0.2, -0.15) is 10.2 Å². The molecule has 2 atom stereocenters. The van der Waals surface area contributed by atoms with E-state index in [-0.39, 0.29) is 23.9 Å². The molecule has 0 aromatic heterocycles. The molecule has 2 aromatic carbocycles. The van der Waals surface area contributed by atoms with Gasteiger partial charge in [-0.1, -0.05) is 33.6 Å². The summed E-state index contributed by atoms with van der Waals surface area (Å²) in [5, 5.41) is 8.12. The number of fused-ring (bicyclic) bond motifs is 6. The fourth-order valence-corrected chi connectivity index (χ4v) is 5.24. The van der Waals surface area contributed by atoms with Gasteiger partial charge in [0.15, 0.2) is 11.7 Å². The Labute approximate surface area is 228 Å². The molecule has 38 heavy (non-hydrogen) atoms. The Balaban J connectivity index is 0.000000142. The van der Waals surface area contributed by atoms with Crippen LogP contribution >= 0.6 is 15.9 Å². The molecule has 1 aliphatic carbocycles. The van der Waals surface area contributed by atoms with E-state index in [9.17, 15) is 9.59 Å². The largest absolute Gasteiger partial charge is 0.483 e. The maximum absolute atomic E-state index is 11.9. The maximum Gasteiger partial charge on any atom is 0.262 e. The van der Waals surface area contributed by atoms with Crippen LogP contribution in [0.15, 0.2) is 56.6 Å². The molecule has 0 radical (unpaired) electrons. The van der Waals surface area contributed by atoms with Crippen molar-refractivity contribution in [2.75, 3.05) is 23.0 Å². The third-order valence-corrected chi connectivity index (χ3v) is 7.68. The van der Waals surface area contributed by atoms with E-state index in [1.54, 1.807) is 0 Å². The van der Waals surface area contributed by atoms with Gasteiger partial charge in [-0.3, -0.25) is 9.59 Å². The van der Waals surface area contributed by atoms with Crippen molar-refractivity contribution < 1.29 is 19.1 Å². The van der Waals surface area contributed by atoms with Crippen LogP contribution in [0.3, 0.4) is 0 Å². The van der Waals surface area contributed by atoms with E-state index in [1.807, 2.05) is 47.9 Å². The summed E-state index contributed by atoms with van der Waals surface area (Å²) in [6.07, 6.45) is 5.93. The molecule has 0 bridgehead atoms. The Hall–Kier alpha value is -3.86. The lowest BCUT2D eigenvalue weighted by Gasteiger charge is -2.38. The van der Waals surface area contributed by atoms with Gasteiger partial charge in [0, 0.05) is 4.47 Å². The van der Waals surface area contributed by atoms with Crippen molar-refractivity contribution in [1.29, 1.82) is 0 Å². The number of halogens is 1. The molecule has 2 N–H and O–H groups in total. The molecule has 7 rings (SSSR count). The first-order valence-corrected chi connectivity index (χ1v) is 13.4. The molecular weight excluding hydrogens is 552 g/mol. The molecule has 11 heteroatoms. The van der Waals surface area contributed by atoms with E-state index in [0.717, 1.165) is 44.6 Å². The van der Waals surface area contributed by atoms with Gasteiger partial charge in [-0.05, 0) is 69.0 Å². The highest BCUT2D eigenvalue weighted by molar-refractivity contribution is 9.10. The summed E-state index contributed by atoms with van der Waals surface area (Å²) in [6, 6.07) is 11.3. The molecule has 5 aliphatic rings. The number of amides is 2. The third-order valence-electron chi connectivity index (χ3n) is 7.18. The van der Waals surface area contributed by atoms with E-state index in [1.165, 1.54) is 24.8 Å². The number of rotatable bonds is 1. The summed E-state index contributed by atoms with van der Waals surface area (Å²) in [5.74, 6) is 2.86. The average molecular weight is 579 g/mol. The van der Waals surface area contributed by atoms with E-state index in [4.69, 9.17) is 9.47 Å². The number of anilines is 2. The fourth-order valence-electron chi connectivity index (χ4n) is 4.90. The van der Waals surface area contributed by atoms with Crippen molar-refractivity contribution in [2.24, 2.45) is 10.2 Å². The number of nitrogens with one attached hydrogen (secondary N) is 2. The van der Waals surface area contributed by atoms with Crippen molar-refractivity contribution in [3.8, 4) is 11.5 Å². The van der Waals surface area contributed by atoms with Crippen molar-refractivity contribution in [1.82, 2.24) is 10.9 Å². The predicted molar refractivity (Wildman–Crippen MR) is 148 cm³/mol. The van der Waals surface area contributed by atoms with Crippen LogP contribution in [0.25, 0.3) is 6.08 Å². The quantitative estimate of drug-likeness (QED) is 0.533. The zero-order valence-electron chi connectivity index (χ0n) is 21.0. The second-order valence-electron chi connectivity index (χ2n) is 9.67. The first kappa shape index (κ1) is 24.5. The number of nitrogens with zero attached hydrogens (tertiary/aromatic N) is 4. The number of hydrogen-bond donors (Lipinski definition) is 2. The van der Waals surface area contributed by atoms with Crippen LogP contribution in [0, 0.1) is 0 Å². The fraction of sp³-hybridized carbons (Fsp3) is 0.333. The van der Waals surface area contributed by atoms with Crippen LogP contribution in [0.4, 0.5) is 11.4 Å². The lowest BCUT2D eigenvalue weighted by Crippen LogP contribution is -2.55. The van der Waals surface area contributed by atoms with Gasteiger partial charge >= 0.3 is 0 Å². The Morgan fingerprint density at radius 2 is 1.42 bits per heavy atom. The first-order chi connectivity index (χ1) is 18.4. The number of benzene rings is 2. The van der Waals surface area contributed by atoms with E-state index >= 15 is 0 Å². The topological polar surface area (TPSA) is 108 Å². The van der Waals surface area contributed by atoms with Crippen LogP contribution in [0.1, 0.15) is 38.7 Å². The number of amidine groups is 2. The summed E-state index contributed by atoms with van der Waals surface area (Å²) in [6.45, 7) is 4.49. The highest BCUT2D eigenvalue weighted by Gasteiger charge is 2.36. The number of ether oxygens (including phenoxy) is 2. The van der Waals surface area contributed by atoms with Crippen molar-refractivity contribution in [2.45, 2.75) is 45.2 Å². The maximum atomic E-state index is 11.9. The number of hydrogen-bond acceptors (Lipinski definition) is 8. The second kappa shape index (κ2) is 9.79. The van der Waals surface area contributed by atoms with E-state index in [0.29, 0.717) is 13.2 Å². The zero-order chi connectivity index (χ0) is 26.4. The highest BCUT2D eigenvalue weighted by Crippen LogP contribution is 2.38. The molecule has 196 valence electrons. The summed E-state index contributed by atoms with van der Waals surface area (Å²) >= 11 is 3.42. The summed E-state index contributed by atoms with van der Waals surface area (Å²) in [7, 11) is 0. The van der Waals surface area contributed by atoms with Crippen molar-refractivity contribution in [3.63, 3.8) is 0 Å². The van der Waals surface area contributed by atoms with E-state index in [2.05, 4.69) is 55.2 Å². The van der Waals surface area contributed by atoms with Crippen molar-refractivity contribution >= 4 is 56.9 Å². The predicted octanol–water partition coefficient (Wildman–Crippen LogP) is 3.76. The summed E-state index contributed by atoms with van der Waals surface area (Å²) in [4.78, 5) is 27.4. The number of carbonyl (C=O) groups is 2. The molecule has 1 fully saturated rings. The van der Waals surface area contributed by atoms with Crippen LogP contribution in [-0.4, -0.2) is 48.8 Å². The summed E-state index contributed by atoms with van der Waals surface area (Å²) in [5.41, 5.74) is 9.48. The molecule has 10 nitrogen and oxygen atoms in total. The smallest absolute Gasteiger partial charge is 0.262 e. The van der Waals surface area contributed by atoms with Crippen LogP contribution in [0.2, 0.25) is 0 Å². The van der Waals surface area contributed by atoms with Gasteiger partial charge < -0.3 is 19.3 Å². The van der Waals surface area contributed by atoms with Gasteiger partial charge in [-0.25, -0.2) is 10.9 Å². The molecule has 4 aliphatic heterocycles. The highest BCUT2D eigenvalue weighted by atomic mass is 79.9. The van der Waals surface area contributed by atoms with Gasteiger partial charge in [0.05, 0.1) is 11.4 Å². The SMILES string of the molecule is CC1C(=O)NN=C2COc3ccc(Br)cc3N21.CC1C(=O)NN=C2COc3ccc(C=C4CCC4)cc3N21. The molecular formula is C27H27BrN6O4. The molecule has 0 saturated heterocycles. The van der Waals surface area contributed by atoms with E-state index < -0.39 is 0 Å². The van der Waals surface area contributed by atoms with Crippen LogP contribution < -0.4 is 30.1 Å². The third kappa shape index (κ3) is 4.40. The van der Waals surface area contributed by atoms with Crippen LogP contribution in [-0.2, 0) is 9.59 Å². The molecule has 2 amide bonds. The molecule has 2 aromatic rings. The Morgan fingerprint density at radius 1 is 0.868 bits per heavy atom. The second-order valence-corrected chi connectivity index (χ2v) is 10.6. The lowest BCUT2D eigenvalue weighted by molar-refractivity contribution is -0.123. The number of hydrazone groups is 2. The lowest BCUT2D eigenvalue weighted by atomic mass is 9.90.